The van der Waals surface area contributed by atoms with Crippen LogP contribution in [0.3, 0.4) is 0 Å². The first-order valence-electron chi connectivity index (χ1n) is 7.34. The molecule has 2 N–H and O–H groups in total. The summed E-state index contributed by atoms with van der Waals surface area (Å²) in [5, 5.41) is 5.98. The minimum absolute atomic E-state index is 0.0293. The number of ether oxygens (including phenoxy) is 1. The van der Waals surface area contributed by atoms with Crippen molar-refractivity contribution in [2.75, 3.05) is 31.6 Å². The van der Waals surface area contributed by atoms with Gasteiger partial charge in [0.15, 0.2) is 5.78 Å². The van der Waals surface area contributed by atoms with Crippen LogP contribution in [0.5, 0.6) is 0 Å². The molecule has 1 aliphatic rings. The molecule has 1 heterocycles. The Morgan fingerprint density at radius 3 is 2.52 bits per heavy atom. The Morgan fingerprint density at radius 2 is 1.90 bits per heavy atom. The Bertz CT molecular complexity index is 479. The Kier molecular flexibility index (Phi) is 5.90. The molecule has 0 radical (unpaired) electrons. The zero-order valence-corrected chi connectivity index (χ0v) is 12.4. The van der Waals surface area contributed by atoms with E-state index >= 15 is 0 Å². The lowest BCUT2D eigenvalue weighted by Crippen LogP contribution is -2.30. The number of nitrogens with one attached hydrogen (secondary N) is 2. The number of rotatable bonds is 6. The maximum Gasteiger partial charge on any atom is 0.221 e. The predicted molar refractivity (Wildman–Crippen MR) is 81.5 cm³/mol. The Labute approximate surface area is 125 Å². The molecule has 1 aliphatic heterocycles. The van der Waals surface area contributed by atoms with E-state index in [4.69, 9.17) is 4.74 Å². The lowest BCUT2D eigenvalue weighted by atomic mass is 9.99. The lowest BCUT2D eigenvalue weighted by Gasteiger charge is -2.22. The summed E-state index contributed by atoms with van der Waals surface area (Å²) in [6, 6.07) is 6.87. The SMILES string of the molecule is CC(=O)Nc1ccc(C(=O)COCC2CCNCC2)cc1. The van der Waals surface area contributed by atoms with Gasteiger partial charge in [0, 0.05) is 18.2 Å². The third-order valence-electron chi connectivity index (χ3n) is 3.57. The van der Waals surface area contributed by atoms with Gasteiger partial charge >= 0.3 is 0 Å². The third kappa shape index (κ3) is 5.28. The molecule has 0 unspecified atom stereocenters. The molecule has 1 aromatic rings. The highest BCUT2D eigenvalue weighted by Crippen LogP contribution is 2.13. The largest absolute Gasteiger partial charge is 0.373 e. The molecule has 114 valence electrons. The van der Waals surface area contributed by atoms with Crippen LogP contribution in [-0.2, 0) is 9.53 Å². The van der Waals surface area contributed by atoms with Crippen molar-refractivity contribution >= 4 is 17.4 Å². The van der Waals surface area contributed by atoms with Crippen molar-refractivity contribution in [3.63, 3.8) is 0 Å². The molecule has 1 saturated heterocycles. The summed E-state index contributed by atoms with van der Waals surface area (Å²) in [5.74, 6) is 0.402. The van der Waals surface area contributed by atoms with Crippen LogP contribution < -0.4 is 10.6 Å². The van der Waals surface area contributed by atoms with E-state index in [9.17, 15) is 9.59 Å². The van der Waals surface area contributed by atoms with Gasteiger partial charge in [0.05, 0.1) is 6.61 Å². The summed E-state index contributed by atoms with van der Waals surface area (Å²) >= 11 is 0. The van der Waals surface area contributed by atoms with Crippen molar-refractivity contribution in [2.45, 2.75) is 19.8 Å². The van der Waals surface area contributed by atoms with Crippen LogP contribution in [0.4, 0.5) is 5.69 Å². The molecule has 0 aromatic heterocycles. The van der Waals surface area contributed by atoms with E-state index in [1.54, 1.807) is 24.3 Å². The highest BCUT2D eigenvalue weighted by molar-refractivity contribution is 5.97. The number of anilines is 1. The minimum Gasteiger partial charge on any atom is -0.373 e. The van der Waals surface area contributed by atoms with Crippen LogP contribution in [0, 0.1) is 5.92 Å². The van der Waals surface area contributed by atoms with Crippen LogP contribution >= 0.6 is 0 Å². The zero-order valence-electron chi connectivity index (χ0n) is 12.4. The monoisotopic (exact) mass is 290 g/mol. The summed E-state index contributed by atoms with van der Waals surface area (Å²) in [5.41, 5.74) is 1.30. The van der Waals surface area contributed by atoms with Gasteiger partial charge in [0.1, 0.15) is 6.61 Å². The molecule has 1 aromatic carbocycles. The number of benzene rings is 1. The minimum atomic E-state index is -0.126. The van der Waals surface area contributed by atoms with Crippen LogP contribution in [0.2, 0.25) is 0 Å². The van der Waals surface area contributed by atoms with Gasteiger partial charge in [0.2, 0.25) is 5.91 Å². The number of amides is 1. The summed E-state index contributed by atoms with van der Waals surface area (Å²) in [6.45, 7) is 4.29. The lowest BCUT2D eigenvalue weighted by molar-refractivity contribution is -0.114. The molecule has 1 amide bonds. The van der Waals surface area contributed by atoms with Crippen molar-refractivity contribution in [2.24, 2.45) is 5.92 Å². The number of hydrogen-bond acceptors (Lipinski definition) is 4. The van der Waals surface area contributed by atoms with E-state index in [1.165, 1.54) is 6.92 Å². The van der Waals surface area contributed by atoms with Crippen molar-refractivity contribution in [1.29, 1.82) is 0 Å². The fourth-order valence-corrected chi connectivity index (χ4v) is 2.39. The van der Waals surface area contributed by atoms with Crippen LogP contribution in [0.25, 0.3) is 0 Å². The first kappa shape index (κ1) is 15.7. The van der Waals surface area contributed by atoms with Crippen molar-refractivity contribution < 1.29 is 14.3 Å². The second-order valence-electron chi connectivity index (χ2n) is 5.39. The molecule has 0 aliphatic carbocycles. The molecule has 0 bridgehead atoms. The number of piperidine rings is 1. The summed E-state index contributed by atoms with van der Waals surface area (Å²) < 4.78 is 5.54. The van der Waals surface area contributed by atoms with Gasteiger partial charge in [-0.05, 0) is 56.1 Å². The second kappa shape index (κ2) is 7.90. The smallest absolute Gasteiger partial charge is 0.221 e. The van der Waals surface area contributed by atoms with Crippen LogP contribution in [0.1, 0.15) is 30.1 Å². The average molecular weight is 290 g/mol. The third-order valence-corrected chi connectivity index (χ3v) is 3.57. The molecule has 0 saturated carbocycles. The standard InChI is InChI=1S/C16H22N2O3/c1-12(19)18-15-4-2-14(3-5-15)16(20)11-21-10-13-6-8-17-9-7-13/h2-5,13,17H,6-11H2,1H3,(H,18,19). The molecular weight excluding hydrogens is 268 g/mol. The Balaban J connectivity index is 1.75. The number of ketones is 1. The number of hydrogen-bond donors (Lipinski definition) is 2. The highest BCUT2D eigenvalue weighted by Gasteiger charge is 2.14. The topological polar surface area (TPSA) is 67.4 Å². The van der Waals surface area contributed by atoms with Gasteiger partial charge in [-0.15, -0.1) is 0 Å². The van der Waals surface area contributed by atoms with E-state index in [2.05, 4.69) is 10.6 Å². The van der Waals surface area contributed by atoms with Crippen LogP contribution in [0.15, 0.2) is 24.3 Å². The molecule has 21 heavy (non-hydrogen) atoms. The number of carbonyl (C=O) groups excluding carboxylic acids is 2. The van der Waals surface area contributed by atoms with Gasteiger partial charge in [-0.2, -0.15) is 0 Å². The second-order valence-corrected chi connectivity index (χ2v) is 5.39. The fraction of sp³-hybridized carbons (Fsp3) is 0.500. The van der Waals surface area contributed by atoms with E-state index in [0.29, 0.717) is 23.8 Å². The number of Topliss-reactive ketones (excluding diaryl/α,β-unsaturated/α-hetero) is 1. The van der Waals surface area contributed by atoms with Crippen molar-refractivity contribution in [3.8, 4) is 0 Å². The highest BCUT2D eigenvalue weighted by atomic mass is 16.5. The van der Waals surface area contributed by atoms with Crippen molar-refractivity contribution in [3.05, 3.63) is 29.8 Å². The normalized spacial score (nSPS) is 15.7. The van der Waals surface area contributed by atoms with E-state index in [1.807, 2.05) is 0 Å². The summed E-state index contributed by atoms with van der Waals surface area (Å²) in [7, 11) is 0. The Hall–Kier alpha value is -1.72. The van der Waals surface area contributed by atoms with Crippen LogP contribution in [-0.4, -0.2) is 38.0 Å². The summed E-state index contributed by atoms with van der Waals surface area (Å²) in [6.07, 6.45) is 2.22. The van der Waals surface area contributed by atoms with Crippen molar-refractivity contribution in [1.82, 2.24) is 5.32 Å². The first-order valence-corrected chi connectivity index (χ1v) is 7.34. The molecule has 0 spiro atoms. The summed E-state index contributed by atoms with van der Waals surface area (Å²) in [4.78, 5) is 22.9. The zero-order chi connectivity index (χ0) is 15.1. The van der Waals surface area contributed by atoms with Gasteiger partial charge < -0.3 is 15.4 Å². The van der Waals surface area contributed by atoms with Gasteiger partial charge in [-0.1, -0.05) is 0 Å². The van der Waals surface area contributed by atoms with E-state index < -0.39 is 0 Å². The van der Waals surface area contributed by atoms with Gasteiger partial charge in [0.25, 0.3) is 0 Å². The van der Waals surface area contributed by atoms with E-state index in [-0.39, 0.29) is 18.3 Å². The van der Waals surface area contributed by atoms with Gasteiger partial charge in [-0.25, -0.2) is 0 Å². The molecule has 2 rings (SSSR count). The molecule has 5 heteroatoms. The molecule has 0 atom stereocenters. The average Bonchev–Trinajstić information content (AvgIpc) is 2.48. The molecule has 1 fully saturated rings. The predicted octanol–water partition coefficient (Wildman–Crippen LogP) is 1.84. The molecular formula is C16H22N2O3. The van der Waals surface area contributed by atoms with Gasteiger partial charge in [-0.3, -0.25) is 9.59 Å². The first-order chi connectivity index (χ1) is 10.1. The fourth-order valence-electron chi connectivity index (χ4n) is 2.39. The Morgan fingerprint density at radius 1 is 1.24 bits per heavy atom. The number of carbonyl (C=O) groups is 2. The maximum absolute atomic E-state index is 12.0. The molecule has 5 nitrogen and oxygen atoms in total. The quantitative estimate of drug-likeness (QED) is 0.785. The van der Waals surface area contributed by atoms with E-state index in [0.717, 1.165) is 25.9 Å². The maximum atomic E-state index is 12.0.